The van der Waals surface area contributed by atoms with Gasteiger partial charge in [0.05, 0.1) is 0 Å². The third kappa shape index (κ3) is 7.05. The quantitative estimate of drug-likeness (QED) is 0.265. The molecule has 1 aromatic carbocycles. The summed E-state index contributed by atoms with van der Waals surface area (Å²) in [5, 5.41) is 9.71. The summed E-state index contributed by atoms with van der Waals surface area (Å²) >= 11 is 0. The van der Waals surface area contributed by atoms with Gasteiger partial charge in [0, 0.05) is 31.2 Å². The van der Waals surface area contributed by atoms with Crippen LogP contribution >= 0.6 is 24.0 Å². The van der Waals surface area contributed by atoms with Crippen LogP contribution in [0.4, 0.5) is 5.69 Å². The minimum atomic E-state index is 0. The number of benzene rings is 1. The lowest BCUT2D eigenvalue weighted by molar-refractivity contribution is -0.119. The molecule has 138 valence electrons. The molecule has 1 aliphatic carbocycles. The first kappa shape index (κ1) is 21.5. The molecule has 3 N–H and O–H groups in total. The monoisotopic (exact) mass is 456 g/mol. The maximum Gasteiger partial charge on any atom is 0.227 e. The first-order chi connectivity index (χ1) is 11.6. The van der Waals surface area contributed by atoms with E-state index in [1.165, 1.54) is 0 Å². The van der Waals surface area contributed by atoms with Crippen LogP contribution < -0.4 is 16.0 Å². The van der Waals surface area contributed by atoms with Gasteiger partial charge in [0.25, 0.3) is 0 Å². The molecule has 1 atom stereocenters. The molecule has 0 heterocycles. The average molecular weight is 456 g/mol. The van der Waals surface area contributed by atoms with Crippen LogP contribution in [0.25, 0.3) is 0 Å². The zero-order chi connectivity index (χ0) is 17.4. The Labute approximate surface area is 167 Å². The molecule has 1 aliphatic rings. The van der Waals surface area contributed by atoms with Crippen LogP contribution in [0.5, 0.6) is 0 Å². The number of halogens is 1. The van der Waals surface area contributed by atoms with Crippen LogP contribution in [0.2, 0.25) is 0 Å². The van der Waals surface area contributed by atoms with Gasteiger partial charge >= 0.3 is 0 Å². The van der Waals surface area contributed by atoms with Crippen molar-refractivity contribution in [2.24, 2.45) is 10.9 Å². The van der Waals surface area contributed by atoms with Crippen molar-refractivity contribution in [3.8, 4) is 0 Å². The zero-order valence-electron chi connectivity index (χ0n) is 15.2. The molecule has 0 saturated heterocycles. The molecule has 1 aromatic rings. The lowest BCUT2D eigenvalue weighted by Gasteiger charge is -2.17. The molecule has 0 spiro atoms. The van der Waals surface area contributed by atoms with Gasteiger partial charge in [0.15, 0.2) is 5.96 Å². The van der Waals surface area contributed by atoms with Crippen LogP contribution in [-0.2, 0) is 11.3 Å². The number of hydrogen-bond acceptors (Lipinski definition) is 2. The third-order valence-corrected chi connectivity index (χ3v) is 4.29. The van der Waals surface area contributed by atoms with Crippen molar-refractivity contribution in [3.63, 3.8) is 0 Å². The van der Waals surface area contributed by atoms with Crippen molar-refractivity contribution in [2.45, 2.75) is 45.7 Å². The summed E-state index contributed by atoms with van der Waals surface area (Å²) in [5.74, 6) is 0.890. The molecule has 1 unspecified atom stereocenters. The normalized spacial score (nSPS) is 15.4. The van der Waals surface area contributed by atoms with Crippen molar-refractivity contribution in [2.75, 3.05) is 12.4 Å². The molecule has 0 radical (unpaired) electrons. The highest BCUT2D eigenvalue weighted by Gasteiger charge is 2.12. The minimum absolute atomic E-state index is 0. The van der Waals surface area contributed by atoms with Gasteiger partial charge < -0.3 is 16.0 Å². The highest BCUT2D eigenvalue weighted by molar-refractivity contribution is 14.0. The maximum atomic E-state index is 12.0. The summed E-state index contributed by atoms with van der Waals surface area (Å²) in [7, 11) is 1.78. The summed E-state index contributed by atoms with van der Waals surface area (Å²) < 4.78 is 0. The number of nitrogens with one attached hydrogen (secondary N) is 3. The standard InChI is InChI=1S/C19H28N4O.HI/c1-4-14(2)18(24)22-17-11-7-8-15(12-17)13-21-19(20-3)23-16-9-5-6-10-16;/h5-8,11-12,14,16H,4,9-10,13H2,1-3H3,(H,22,24)(H2,20,21,23);1H. The van der Waals surface area contributed by atoms with Gasteiger partial charge in [0.2, 0.25) is 5.91 Å². The van der Waals surface area contributed by atoms with Crippen LogP contribution in [0.15, 0.2) is 41.4 Å². The van der Waals surface area contributed by atoms with Gasteiger partial charge in [-0.3, -0.25) is 9.79 Å². The first-order valence-corrected chi connectivity index (χ1v) is 8.64. The first-order valence-electron chi connectivity index (χ1n) is 8.64. The van der Waals surface area contributed by atoms with Crippen LogP contribution in [0, 0.1) is 5.92 Å². The Morgan fingerprint density at radius 2 is 2.04 bits per heavy atom. The van der Waals surface area contributed by atoms with Gasteiger partial charge in [-0.15, -0.1) is 24.0 Å². The Morgan fingerprint density at radius 3 is 2.68 bits per heavy atom. The Bertz CT molecular complexity index is 607. The Morgan fingerprint density at radius 1 is 1.32 bits per heavy atom. The zero-order valence-corrected chi connectivity index (χ0v) is 17.5. The summed E-state index contributed by atoms with van der Waals surface area (Å²) in [6.07, 6.45) is 7.30. The number of amides is 1. The highest BCUT2D eigenvalue weighted by Crippen LogP contribution is 2.13. The van der Waals surface area contributed by atoms with E-state index in [0.29, 0.717) is 12.6 Å². The summed E-state index contributed by atoms with van der Waals surface area (Å²) in [6.45, 7) is 4.62. The molecule has 0 aliphatic heterocycles. The molecule has 0 saturated carbocycles. The fraction of sp³-hybridized carbons (Fsp3) is 0.474. The average Bonchev–Trinajstić information content (AvgIpc) is 3.11. The van der Waals surface area contributed by atoms with Crippen molar-refractivity contribution >= 4 is 41.5 Å². The second-order valence-corrected chi connectivity index (χ2v) is 6.21. The molecule has 25 heavy (non-hydrogen) atoms. The number of aliphatic imine (C=N–C) groups is 1. The number of rotatable bonds is 6. The number of anilines is 1. The fourth-order valence-corrected chi connectivity index (χ4v) is 2.52. The van der Waals surface area contributed by atoms with Crippen molar-refractivity contribution in [1.29, 1.82) is 0 Å². The highest BCUT2D eigenvalue weighted by atomic mass is 127. The fourth-order valence-electron chi connectivity index (χ4n) is 2.52. The molecule has 1 amide bonds. The number of carbonyl (C=O) groups excluding carboxylic acids is 1. The molecule has 6 heteroatoms. The molecule has 0 aromatic heterocycles. The summed E-state index contributed by atoms with van der Waals surface area (Å²) in [4.78, 5) is 16.3. The van der Waals surface area contributed by atoms with Crippen molar-refractivity contribution in [1.82, 2.24) is 10.6 Å². The van der Waals surface area contributed by atoms with Gasteiger partial charge in [-0.05, 0) is 37.0 Å². The van der Waals surface area contributed by atoms with E-state index in [1.54, 1.807) is 7.05 Å². The second-order valence-electron chi connectivity index (χ2n) is 6.21. The van der Waals surface area contributed by atoms with E-state index in [-0.39, 0.29) is 35.8 Å². The van der Waals surface area contributed by atoms with Gasteiger partial charge in [0.1, 0.15) is 0 Å². The SMILES string of the molecule is CCC(C)C(=O)Nc1cccc(CNC(=NC)NC2CC=CC2)c1.I. The molecular formula is C19H29IN4O. The molecular weight excluding hydrogens is 427 g/mol. The van der Waals surface area contributed by atoms with Crippen LogP contribution in [0.1, 0.15) is 38.7 Å². The summed E-state index contributed by atoms with van der Waals surface area (Å²) in [5.41, 5.74) is 1.94. The van der Waals surface area contributed by atoms with Crippen molar-refractivity contribution < 1.29 is 4.79 Å². The van der Waals surface area contributed by atoms with Crippen molar-refractivity contribution in [3.05, 3.63) is 42.0 Å². The summed E-state index contributed by atoms with van der Waals surface area (Å²) in [6, 6.07) is 8.34. The van der Waals surface area contributed by atoms with E-state index >= 15 is 0 Å². The molecule has 0 bridgehead atoms. The van der Waals surface area contributed by atoms with Crippen LogP contribution in [-0.4, -0.2) is 25.0 Å². The van der Waals surface area contributed by atoms with Gasteiger partial charge in [-0.1, -0.05) is 38.1 Å². The lowest BCUT2D eigenvalue weighted by Crippen LogP contribution is -2.42. The predicted octanol–water partition coefficient (Wildman–Crippen LogP) is 3.67. The topological polar surface area (TPSA) is 65.5 Å². The maximum absolute atomic E-state index is 12.0. The predicted molar refractivity (Wildman–Crippen MR) is 115 cm³/mol. The smallest absolute Gasteiger partial charge is 0.227 e. The van der Waals surface area contributed by atoms with E-state index < -0.39 is 0 Å². The molecule has 5 nitrogen and oxygen atoms in total. The number of carbonyl (C=O) groups is 1. The Kier molecular flexibility index (Phi) is 9.55. The van der Waals surface area contributed by atoms with E-state index in [4.69, 9.17) is 0 Å². The van der Waals surface area contributed by atoms with Gasteiger partial charge in [-0.25, -0.2) is 0 Å². The molecule has 2 rings (SSSR count). The Balaban J connectivity index is 0.00000312. The molecule has 0 fully saturated rings. The van der Waals surface area contributed by atoms with E-state index in [0.717, 1.165) is 36.5 Å². The number of nitrogens with zero attached hydrogens (tertiary/aromatic N) is 1. The number of guanidine groups is 1. The number of hydrogen-bond donors (Lipinski definition) is 3. The largest absolute Gasteiger partial charge is 0.353 e. The van der Waals surface area contributed by atoms with Crippen LogP contribution in [0.3, 0.4) is 0 Å². The third-order valence-electron chi connectivity index (χ3n) is 4.29. The van der Waals surface area contributed by atoms with Gasteiger partial charge in [-0.2, -0.15) is 0 Å². The lowest BCUT2D eigenvalue weighted by atomic mass is 10.1. The van der Waals surface area contributed by atoms with E-state index in [9.17, 15) is 4.79 Å². The minimum Gasteiger partial charge on any atom is -0.353 e. The Hall–Kier alpha value is -1.57. The second kappa shape index (κ2) is 11.1. The van der Waals surface area contributed by atoms with E-state index in [2.05, 4.69) is 33.1 Å². The van der Waals surface area contributed by atoms with E-state index in [1.807, 2.05) is 38.1 Å².